The molecule has 0 bridgehead atoms. The first-order valence-corrected chi connectivity index (χ1v) is 4.24. The first kappa shape index (κ1) is 9.99. The number of unbranched alkanes of at least 4 members (excludes halogenated alkanes) is 1. The molecule has 0 saturated heterocycles. The lowest BCUT2D eigenvalue weighted by Gasteiger charge is -1.96. The van der Waals surface area contributed by atoms with Gasteiger partial charge < -0.3 is 4.74 Å². The molecule has 0 aliphatic carbocycles. The highest BCUT2D eigenvalue weighted by Gasteiger charge is 1.81. The van der Waals surface area contributed by atoms with Gasteiger partial charge in [0.15, 0.2) is 0 Å². The van der Waals surface area contributed by atoms with Gasteiger partial charge in [0, 0.05) is 12.5 Å². The van der Waals surface area contributed by atoms with Crippen LogP contribution in [0.5, 0.6) is 0 Å². The second kappa shape index (κ2) is 8.99. The van der Waals surface area contributed by atoms with Gasteiger partial charge in [0.05, 0.1) is 6.61 Å². The van der Waals surface area contributed by atoms with Gasteiger partial charge in [-0.15, -0.1) is 11.6 Å². The Balaban J connectivity index is 2.83. The van der Waals surface area contributed by atoms with E-state index in [9.17, 15) is 0 Å². The average molecular weight is 163 g/mol. The summed E-state index contributed by atoms with van der Waals surface area (Å²) in [5, 5.41) is 0. The summed E-state index contributed by atoms with van der Waals surface area (Å²) in [6.07, 6.45) is 6.18. The maximum Gasteiger partial charge on any atom is 0.0647 e. The topological polar surface area (TPSA) is 9.23 Å². The van der Waals surface area contributed by atoms with Crippen LogP contribution in [0.2, 0.25) is 0 Å². The number of ether oxygens (including phenoxy) is 1. The van der Waals surface area contributed by atoms with Crippen molar-refractivity contribution in [2.45, 2.75) is 19.8 Å². The fourth-order valence-electron chi connectivity index (χ4n) is 0.529. The van der Waals surface area contributed by atoms with E-state index in [4.69, 9.17) is 16.3 Å². The number of alkyl halides is 1. The lowest BCUT2D eigenvalue weighted by atomic mass is 10.4. The first-order valence-electron chi connectivity index (χ1n) is 3.70. The zero-order chi connectivity index (χ0) is 7.66. The minimum absolute atomic E-state index is 0.580. The molecule has 0 aromatic carbocycles. The molecule has 0 aromatic heterocycles. The molecule has 0 aromatic rings. The van der Waals surface area contributed by atoms with Gasteiger partial charge >= 0.3 is 0 Å². The molecule has 0 spiro atoms. The van der Waals surface area contributed by atoms with Gasteiger partial charge in [0.1, 0.15) is 0 Å². The quantitative estimate of drug-likeness (QED) is 0.332. The molecule has 2 heteroatoms. The van der Waals surface area contributed by atoms with Gasteiger partial charge in [-0.05, 0) is 6.42 Å². The maximum atomic E-state index is 5.40. The molecule has 0 unspecified atom stereocenters. The third kappa shape index (κ3) is 7.99. The van der Waals surface area contributed by atoms with Crippen LogP contribution in [0, 0.1) is 0 Å². The van der Waals surface area contributed by atoms with Crippen LogP contribution >= 0.6 is 11.6 Å². The van der Waals surface area contributed by atoms with Gasteiger partial charge in [-0.1, -0.05) is 25.5 Å². The average Bonchev–Trinajstić information content (AvgIpc) is 1.97. The minimum atomic E-state index is 0.580. The van der Waals surface area contributed by atoms with Crippen molar-refractivity contribution in [1.29, 1.82) is 0 Å². The van der Waals surface area contributed by atoms with Crippen LogP contribution in [0.3, 0.4) is 0 Å². The van der Waals surface area contributed by atoms with Crippen molar-refractivity contribution in [2.24, 2.45) is 0 Å². The summed E-state index contributed by atoms with van der Waals surface area (Å²) in [6.45, 7) is 3.72. The molecule has 0 aliphatic rings. The van der Waals surface area contributed by atoms with Gasteiger partial charge in [0.2, 0.25) is 0 Å². The van der Waals surface area contributed by atoms with Crippen molar-refractivity contribution >= 4 is 11.6 Å². The number of halogens is 1. The number of hydrogen-bond acceptors (Lipinski definition) is 1. The molecule has 0 fully saturated rings. The second-order valence-electron chi connectivity index (χ2n) is 2.05. The lowest BCUT2D eigenvalue weighted by molar-refractivity contribution is 0.159. The van der Waals surface area contributed by atoms with Crippen LogP contribution < -0.4 is 0 Å². The molecule has 0 atom stereocenters. The van der Waals surface area contributed by atoms with Crippen LogP contribution in [-0.2, 0) is 4.74 Å². The van der Waals surface area contributed by atoms with Gasteiger partial charge in [-0.2, -0.15) is 0 Å². The Labute approximate surface area is 68.0 Å². The standard InChI is InChI=1S/C8H15ClO/c1-2-3-7-10-8-5-4-6-9/h4-5H,2-3,6-8H2,1H3/b5-4-. The number of rotatable bonds is 6. The molecular formula is C8H15ClO. The SMILES string of the molecule is CCCCOC/C=C\CCl. The summed E-state index contributed by atoms with van der Waals surface area (Å²) in [4.78, 5) is 0. The van der Waals surface area contributed by atoms with Gasteiger partial charge in [-0.3, -0.25) is 0 Å². The molecular weight excluding hydrogens is 148 g/mol. The van der Waals surface area contributed by atoms with Crippen LogP contribution in [0.1, 0.15) is 19.8 Å². The maximum absolute atomic E-state index is 5.40. The van der Waals surface area contributed by atoms with Crippen molar-refractivity contribution in [3.8, 4) is 0 Å². The van der Waals surface area contributed by atoms with Crippen LogP contribution in [-0.4, -0.2) is 19.1 Å². The summed E-state index contributed by atoms with van der Waals surface area (Å²) in [5.74, 6) is 0.580. The third-order valence-corrected chi connectivity index (χ3v) is 1.29. The number of allylic oxidation sites excluding steroid dienone is 1. The summed E-state index contributed by atoms with van der Waals surface area (Å²) >= 11 is 5.40. The lowest BCUT2D eigenvalue weighted by Crippen LogP contribution is -1.92. The van der Waals surface area contributed by atoms with E-state index in [1.54, 1.807) is 0 Å². The summed E-state index contributed by atoms with van der Waals surface area (Å²) in [7, 11) is 0. The van der Waals surface area contributed by atoms with E-state index in [0.29, 0.717) is 12.5 Å². The van der Waals surface area contributed by atoms with E-state index < -0.39 is 0 Å². The van der Waals surface area contributed by atoms with E-state index in [0.717, 1.165) is 13.0 Å². The predicted octanol–water partition coefficient (Wildman–Crippen LogP) is 2.60. The molecule has 0 saturated carbocycles. The van der Waals surface area contributed by atoms with Gasteiger partial charge in [0.25, 0.3) is 0 Å². The van der Waals surface area contributed by atoms with Crippen LogP contribution in [0.15, 0.2) is 12.2 Å². The van der Waals surface area contributed by atoms with Crippen LogP contribution in [0.4, 0.5) is 0 Å². The van der Waals surface area contributed by atoms with E-state index in [1.807, 2.05) is 12.2 Å². The van der Waals surface area contributed by atoms with Crippen molar-refractivity contribution in [1.82, 2.24) is 0 Å². The van der Waals surface area contributed by atoms with Crippen molar-refractivity contribution in [3.63, 3.8) is 0 Å². The molecule has 0 heterocycles. The second-order valence-corrected chi connectivity index (χ2v) is 2.36. The van der Waals surface area contributed by atoms with Crippen LogP contribution in [0.25, 0.3) is 0 Å². The molecule has 0 rings (SSSR count). The Kier molecular flexibility index (Phi) is 8.98. The predicted molar refractivity (Wildman–Crippen MR) is 45.6 cm³/mol. The third-order valence-electron chi connectivity index (χ3n) is 1.11. The zero-order valence-corrected chi connectivity index (χ0v) is 7.23. The first-order chi connectivity index (χ1) is 4.91. The monoisotopic (exact) mass is 162 g/mol. The molecule has 10 heavy (non-hydrogen) atoms. The Morgan fingerprint density at radius 3 is 2.80 bits per heavy atom. The molecule has 0 aliphatic heterocycles. The molecule has 60 valence electrons. The summed E-state index contributed by atoms with van der Waals surface area (Å²) < 4.78 is 5.23. The van der Waals surface area contributed by atoms with Crippen molar-refractivity contribution < 1.29 is 4.74 Å². The highest BCUT2D eigenvalue weighted by molar-refractivity contribution is 6.18. The fourth-order valence-corrected chi connectivity index (χ4v) is 0.655. The molecule has 0 amide bonds. The normalized spacial score (nSPS) is 11.0. The Bertz CT molecular complexity index is 81.3. The summed E-state index contributed by atoms with van der Waals surface area (Å²) in [5.41, 5.74) is 0. The minimum Gasteiger partial charge on any atom is -0.377 e. The molecule has 0 N–H and O–H groups in total. The molecule has 0 radical (unpaired) electrons. The van der Waals surface area contributed by atoms with E-state index in [1.165, 1.54) is 6.42 Å². The van der Waals surface area contributed by atoms with E-state index in [2.05, 4.69) is 6.92 Å². The largest absolute Gasteiger partial charge is 0.377 e. The Morgan fingerprint density at radius 1 is 1.40 bits per heavy atom. The number of hydrogen-bond donors (Lipinski definition) is 0. The summed E-state index contributed by atoms with van der Waals surface area (Å²) in [6, 6.07) is 0. The fraction of sp³-hybridized carbons (Fsp3) is 0.750. The highest BCUT2D eigenvalue weighted by Crippen LogP contribution is 1.88. The Morgan fingerprint density at radius 2 is 2.20 bits per heavy atom. The van der Waals surface area contributed by atoms with Crippen molar-refractivity contribution in [2.75, 3.05) is 19.1 Å². The zero-order valence-electron chi connectivity index (χ0n) is 6.48. The van der Waals surface area contributed by atoms with Crippen molar-refractivity contribution in [3.05, 3.63) is 12.2 Å². The van der Waals surface area contributed by atoms with Gasteiger partial charge in [-0.25, -0.2) is 0 Å². The van der Waals surface area contributed by atoms with E-state index in [-0.39, 0.29) is 0 Å². The van der Waals surface area contributed by atoms with E-state index >= 15 is 0 Å². The molecule has 1 nitrogen and oxygen atoms in total. The highest BCUT2D eigenvalue weighted by atomic mass is 35.5. The smallest absolute Gasteiger partial charge is 0.0647 e. The Hall–Kier alpha value is -0.0100.